The Labute approximate surface area is 160 Å². The average Bonchev–Trinajstić information content (AvgIpc) is 3.12. The number of hydrogen-bond acceptors (Lipinski definition) is 5. The highest BCUT2D eigenvalue weighted by atomic mass is 16.5. The van der Waals surface area contributed by atoms with Crippen molar-refractivity contribution in [2.75, 3.05) is 11.6 Å². The molecule has 0 radical (unpaired) electrons. The monoisotopic (exact) mass is 366 g/mol. The van der Waals surface area contributed by atoms with Crippen molar-refractivity contribution >= 4 is 17.4 Å². The Morgan fingerprint density at radius 2 is 2.00 bits per heavy atom. The third kappa shape index (κ3) is 4.86. The summed E-state index contributed by atoms with van der Waals surface area (Å²) in [7, 11) is 0. The van der Waals surface area contributed by atoms with Crippen LogP contribution in [0.4, 0.5) is 5.69 Å². The van der Waals surface area contributed by atoms with E-state index in [1.807, 2.05) is 54.6 Å². The van der Waals surface area contributed by atoms with Crippen LogP contribution in [0.1, 0.15) is 37.6 Å². The quantitative estimate of drug-likeness (QED) is 0.703. The number of nitrogens with one attached hydrogen (secondary N) is 1. The molecule has 1 aliphatic heterocycles. The minimum Gasteiger partial charge on any atom is -0.377 e. The van der Waals surface area contributed by atoms with Gasteiger partial charge in [-0.3, -0.25) is 4.79 Å². The van der Waals surface area contributed by atoms with Crippen molar-refractivity contribution in [3.8, 4) is 0 Å². The molecule has 2 aromatic rings. The third-order valence-electron chi connectivity index (χ3n) is 4.36. The van der Waals surface area contributed by atoms with Crippen molar-refractivity contribution in [1.82, 2.24) is 5.32 Å². The molecule has 0 aliphatic carbocycles. The minimum absolute atomic E-state index is 0.155. The van der Waals surface area contributed by atoms with Crippen LogP contribution in [0, 0.1) is 5.92 Å². The number of rotatable bonds is 8. The van der Waals surface area contributed by atoms with Crippen molar-refractivity contribution in [3.63, 3.8) is 0 Å². The van der Waals surface area contributed by atoms with Gasteiger partial charge in [-0.25, -0.2) is 5.01 Å². The van der Waals surface area contributed by atoms with E-state index in [2.05, 4.69) is 24.3 Å². The second-order valence-electron chi connectivity index (χ2n) is 7.02. The maximum atomic E-state index is 11.6. The van der Waals surface area contributed by atoms with Gasteiger partial charge in [-0.05, 0) is 35.6 Å². The molecule has 142 valence electrons. The van der Waals surface area contributed by atoms with E-state index in [0.29, 0.717) is 12.5 Å². The number of amidine groups is 1. The number of anilines is 1. The van der Waals surface area contributed by atoms with Crippen LogP contribution in [0.25, 0.3) is 0 Å². The lowest BCUT2D eigenvalue weighted by molar-refractivity contribution is -0.112. The Morgan fingerprint density at radius 1 is 1.22 bits per heavy atom. The number of carbonyl (C=O) groups excluding carboxylic acids is 1. The molecule has 0 saturated carbocycles. The first-order valence-electron chi connectivity index (χ1n) is 9.20. The molecule has 6 nitrogen and oxygen atoms in total. The first-order chi connectivity index (χ1) is 13.0. The van der Waals surface area contributed by atoms with E-state index in [1.165, 1.54) is 0 Å². The molecule has 0 aromatic heterocycles. The van der Waals surface area contributed by atoms with E-state index in [9.17, 15) is 4.79 Å². The van der Waals surface area contributed by atoms with Crippen LogP contribution in [0.15, 0.2) is 59.7 Å². The van der Waals surface area contributed by atoms with Crippen LogP contribution in [0.3, 0.4) is 0 Å². The van der Waals surface area contributed by atoms with E-state index in [4.69, 9.17) is 10.5 Å². The first kappa shape index (κ1) is 18.9. The molecule has 0 spiro atoms. The summed E-state index contributed by atoms with van der Waals surface area (Å²) in [5.41, 5.74) is 8.36. The Morgan fingerprint density at radius 3 is 2.70 bits per heavy atom. The van der Waals surface area contributed by atoms with Crippen molar-refractivity contribution in [2.45, 2.75) is 33.0 Å². The first-order valence-corrected chi connectivity index (χ1v) is 9.20. The number of primary amides is 1. The van der Waals surface area contributed by atoms with Gasteiger partial charge in [0.15, 0.2) is 0 Å². The number of benzene rings is 2. The molecular formula is C21H26N4O2. The highest BCUT2D eigenvalue weighted by molar-refractivity contribution is 6.38. The van der Waals surface area contributed by atoms with Crippen LogP contribution >= 0.6 is 0 Å². The fraction of sp³-hybridized carbons (Fsp3) is 0.333. The molecule has 3 N–H and O–H groups in total. The average molecular weight is 366 g/mol. The lowest BCUT2D eigenvalue weighted by Gasteiger charge is -2.24. The van der Waals surface area contributed by atoms with E-state index in [1.54, 1.807) is 5.01 Å². The largest absolute Gasteiger partial charge is 0.377 e. The van der Waals surface area contributed by atoms with Crippen LogP contribution in [0.5, 0.6) is 0 Å². The van der Waals surface area contributed by atoms with Crippen molar-refractivity contribution < 1.29 is 9.53 Å². The van der Waals surface area contributed by atoms with Crippen LogP contribution < -0.4 is 16.1 Å². The Bertz CT molecular complexity index is 805. The Kier molecular flexibility index (Phi) is 6.08. The Balaban J connectivity index is 1.79. The van der Waals surface area contributed by atoms with E-state index in [-0.39, 0.29) is 12.0 Å². The maximum Gasteiger partial charge on any atom is 0.286 e. The van der Waals surface area contributed by atoms with Gasteiger partial charge >= 0.3 is 0 Å². The van der Waals surface area contributed by atoms with Crippen molar-refractivity contribution in [2.24, 2.45) is 16.8 Å². The summed E-state index contributed by atoms with van der Waals surface area (Å²) in [6.07, 6.45) is 0.753. The zero-order valence-electron chi connectivity index (χ0n) is 15.8. The normalized spacial score (nSPS) is 16.3. The van der Waals surface area contributed by atoms with Gasteiger partial charge in [0.05, 0.1) is 12.3 Å². The molecular weight excluding hydrogens is 340 g/mol. The molecule has 1 aliphatic rings. The smallest absolute Gasteiger partial charge is 0.286 e. The van der Waals surface area contributed by atoms with Gasteiger partial charge in [0, 0.05) is 6.61 Å². The predicted molar refractivity (Wildman–Crippen MR) is 107 cm³/mol. The number of nitrogens with zero attached hydrogens (tertiary/aromatic N) is 2. The van der Waals surface area contributed by atoms with Gasteiger partial charge in [-0.1, -0.05) is 56.3 Å². The standard InChI is InChI=1S/C21H26N4O2/c1-15(2)11-12-27-14-16-7-6-10-18(13-16)25-21(17-8-4-3-5-9-17)23-20(24-25)19(22)26/h3-10,13,15,21H,11-12,14H2,1-2H3,(H2,22,26)(H,23,24). The SMILES string of the molecule is CC(C)CCOCc1cccc(N2N=C(C(N)=O)NC2c2ccccc2)c1. The number of amides is 1. The van der Waals surface area contributed by atoms with Crippen LogP contribution in [-0.4, -0.2) is 18.3 Å². The molecule has 1 atom stereocenters. The summed E-state index contributed by atoms with van der Waals surface area (Å²) in [4.78, 5) is 11.6. The molecule has 1 heterocycles. The molecule has 1 amide bonds. The summed E-state index contributed by atoms with van der Waals surface area (Å²) in [5.74, 6) is 0.203. The molecule has 0 fully saturated rings. The number of nitrogens with two attached hydrogens (primary N) is 1. The van der Waals surface area contributed by atoms with Crippen molar-refractivity contribution in [1.29, 1.82) is 0 Å². The maximum absolute atomic E-state index is 11.6. The van der Waals surface area contributed by atoms with Gasteiger partial charge in [0.1, 0.15) is 6.17 Å². The second kappa shape index (κ2) is 8.68. The molecule has 3 rings (SSSR count). The topological polar surface area (TPSA) is 79.9 Å². The fourth-order valence-corrected chi connectivity index (χ4v) is 2.87. The third-order valence-corrected chi connectivity index (χ3v) is 4.36. The summed E-state index contributed by atoms with van der Waals surface area (Å²) >= 11 is 0. The molecule has 0 saturated heterocycles. The molecule has 2 aromatic carbocycles. The molecule has 27 heavy (non-hydrogen) atoms. The summed E-state index contributed by atoms with van der Waals surface area (Å²) in [6, 6.07) is 17.8. The highest BCUT2D eigenvalue weighted by Crippen LogP contribution is 2.30. The summed E-state index contributed by atoms with van der Waals surface area (Å²) in [6.45, 7) is 5.65. The van der Waals surface area contributed by atoms with Crippen LogP contribution in [0.2, 0.25) is 0 Å². The number of hydrazone groups is 1. The van der Waals surface area contributed by atoms with E-state index >= 15 is 0 Å². The molecule has 0 bridgehead atoms. The Hall–Kier alpha value is -2.86. The zero-order valence-corrected chi connectivity index (χ0v) is 15.8. The van der Waals surface area contributed by atoms with Crippen LogP contribution in [-0.2, 0) is 16.1 Å². The minimum atomic E-state index is -0.577. The van der Waals surface area contributed by atoms with Gasteiger partial charge in [-0.2, -0.15) is 0 Å². The number of ether oxygens (including phenoxy) is 1. The van der Waals surface area contributed by atoms with Gasteiger partial charge in [0.25, 0.3) is 5.91 Å². The highest BCUT2D eigenvalue weighted by Gasteiger charge is 2.30. The fourth-order valence-electron chi connectivity index (χ4n) is 2.87. The molecule has 1 unspecified atom stereocenters. The zero-order chi connectivity index (χ0) is 19.2. The van der Waals surface area contributed by atoms with Gasteiger partial charge in [-0.15, -0.1) is 5.10 Å². The van der Waals surface area contributed by atoms with Crippen molar-refractivity contribution in [3.05, 3.63) is 65.7 Å². The number of carbonyl (C=O) groups is 1. The van der Waals surface area contributed by atoms with E-state index in [0.717, 1.165) is 29.8 Å². The van der Waals surface area contributed by atoms with Gasteiger partial charge in [0.2, 0.25) is 5.84 Å². The number of hydrogen-bond donors (Lipinski definition) is 2. The summed E-state index contributed by atoms with van der Waals surface area (Å²) in [5, 5.41) is 9.29. The summed E-state index contributed by atoms with van der Waals surface area (Å²) < 4.78 is 5.77. The lowest BCUT2D eigenvalue weighted by Crippen LogP contribution is -2.36. The second-order valence-corrected chi connectivity index (χ2v) is 7.02. The molecule has 6 heteroatoms. The van der Waals surface area contributed by atoms with Gasteiger partial charge < -0.3 is 15.8 Å². The van der Waals surface area contributed by atoms with E-state index < -0.39 is 5.91 Å². The predicted octanol–water partition coefficient (Wildman–Crippen LogP) is 3.16. The lowest BCUT2D eigenvalue weighted by atomic mass is 10.1.